The molecule has 1 unspecified atom stereocenters. The van der Waals surface area contributed by atoms with Crippen molar-refractivity contribution in [3.05, 3.63) is 47.1 Å². The van der Waals surface area contributed by atoms with Crippen LogP contribution in [0.3, 0.4) is 0 Å². The Morgan fingerprint density at radius 2 is 1.89 bits per heavy atom. The highest BCUT2D eigenvalue weighted by atomic mass is 31.2. The minimum Gasteiger partial charge on any atom is -0.507 e. The highest BCUT2D eigenvalue weighted by Crippen LogP contribution is 2.48. The number of hydrogen-bond acceptors (Lipinski definition) is 5. The van der Waals surface area contributed by atoms with Crippen molar-refractivity contribution >= 4 is 13.8 Å². The summed E-state index contributed by atoms with van der Waals surface area (Å²) >= 11 is 0. The van der Waals surface area contributed by atoms with Crippen molar-refractivity contribution in [3.63, 3.8) is 0 Å². The first-order valence-corrected chi connectivity index (χ1v) is 14.2. The van der Waals surface area contributed by atoms with E-state index >= 15 is 0 Å². The number of carbonyl (C=O) groups is 1. The number of rotatable bonds is 9. The van der Waals surface area contributed by atoms with Crippen molar-refractivity contribution < 1.29 is 33.5 Å². The number of phosphoric acid groups is 1. The van der Waals surface area contributed by atoms with E-state index in [4.69, 9.17) is 9.26 Å². The average molecular weight is 507 g/mol. The summed E-state index contributed by atoms with van der Waals surface area (Å²) in [6, 6.07) is 3.48. The van der Waals surface area contributed by atoms with Gasteiger partial charge in [-0.05, 0) is 75.5 Å². The predicted molar refractivity (Wildman–Crippen MR) is 135 cm³/mol. The van der Waals surface area contributed by atoms with E-state index in [2.05, 4.69) is 12.7 Å². The lowest BCUT2D eigenvalue weighted by molar-refractivity contribution is -0.146. The molecule has 0 spiro atoms. The van der Waals surface area contributed by atoms with Crippen molar-refractivity contribution in [2.45, 2.75) is 90.6 Å². The van der Waals surface area contributed by atoms with Gasteiger partial charge < -0.3 is 19.6 Å². The molecule has 0 radical (unpaired) electrons. The minimum atomic E-state index is -4.92. The predicted octanol–water partition coefficient (Wildman–Crippen LogP) is 6.32. The van der Waals surface area contributed by atoms with Gasteiger partial charge in [0.1, 0.15) is 11.5 Å². The molecule has 3 atom stereocenters. The van der Waals surface area contributed by atoms with Crippen LogP contribution in [-0.4, -0.2) is 27.0 Å². The molecule has 1 aromatic carbocycles. The number of carbonyl (C=O) groups excluding carboxylic acids is 1. The number of ether oxygens (including phenoxy) is 1. The third kappa shape index (κ3) is 7.29. The zero-order chi connectivity index (χ0) is 25.8. The fraction of sp³-hybridized carbons (Fsp3) is 0.593. The lowest BCUT2D eigenvalue weighted by atomic mass is 9.73. The van der Waals surface area contributed by atoms with Crippen molar-refractivity contribution in [3.8, 4) is 11.5 Å². The Balaban J connectivity index is 2.04. The lowest BCUT2D eigenvalue weighted by Crippen LogP contribution is -2.36. The van der Waals surface area contributed by atoms with Gasteiger partial charge in [0.05, 0.1) is 0 Å². The maximum absolute atomic E-state index is 13.4. The summed E-state index contributed by atoms with van der Waals surface area (Å²) in [5, 5.41) is 11.1. The van der Waals surface area contributed by atoms with Crippen LogP contribution < -0.4 is 4.74 Å². The Morgan fingerprint density at radius 1 is 1.20 bits per heavy atom. The summed E-state index contributed by atoms with van der Waals surface area (Å²) < 4.78 is 22.6. The van der Waals surface area contributed by atoms with Gasteiger partial charge in [0.2, 0.25) is 0 Å². The Labute approximate surface area is 208 Å². The molecule has 1 saturated carbocycles. The number of esters is 1. The van der Waals surface area contributed by atoms with Gasteiger partial charge in [0.25, 0.3) is 0 Å². The van der Waals surface area contributed by atoms with Gasteiger partial charge in [-0.25, -0.2) is 9.36 Å². The molecule has 7 nitrogen and oxygen atoms in total. The molecule has 0 saturated heterocycles. The Bertz CT molecular complexity index is 1000. The number of phenols is 1. The quantitative estimate of drug-likeness (QED) is 0.155. The SMILES string of the molecule is C=C(C)[C@@H]1CCC(C)=C[C@H]1c1c(O)cc(CCC)cc1OC(=O)C(OP(=O)(O)O)C1CCCCC1. The second-order valence-corrected chi connectivity index (χ2v) is 11.3. The molecule has 0 aliphatic heterocycles. The monoisotopic (exact) mass is 506 g/mol. The summed E-state index contributed by atoms with van der Waals surface area (Å²) in [6.07, 6.45) is 8.07. The van der Waals surface area contributed by atoms with E-state index in [-0.39, 0.29) is 29.3 Å². The molecule has 194 valence electrons. The van der Waals surface area contributed by atoms with Crippen LogP contribution in [-0.2, 0) is 20.3 Å². The van der Waals surface area contributed by atoms with E-state index in [0.29, 0.717) is 24.8 Å². The molecule has 3 N–H and O–H groups in total. The number of phosphoric ester groups is 1. The van der Waals surface area contributed by atoms with Gasteiger partial charge in [0.15, 0.2) is 6.10 Å². The van der Waals surface area contributed by atoms with Crippen LogP contribution in [0.15, 0.2) is 35.9 Å². The van der Waals surface area contributed by atoms with Crippen LogP contribution >= 0.6 is 7.82 Å². The van der Waals surface area contributed by atoms with E-state index in [1.54, 1.807) is 12.1 Å². The van der Waals surface area contributed by atoms with Crippen LogP contribution in [0.2, 0.25) is 0 Å². The first-order valence-electron chi connectivity index (χ1n) is 12.6. The zero-order valence-electron chi connectivity index (χ0n) is 21.0. The number of phenolic OH excluding ortho intramolecular Hbond substituents is 1. The van der Waals surface area contributed by atoms with Crippen molar-refractivity contribution in [2.24, 2.45) is 11.8 Å². The zero-order valence-corrected chi connectivity index (χ0v) is 21.9. The molecule has 0 amide bonds. The van der Waals surface area contributed by atoms with Gasteiger partial charge in [-0.3, -0.25) is 4.52 Å². The van der Waals surface area contributed by atoms with Crippen LogP contribution in [0.4, 0.5) is 0 Å². The first kappa shape index (κ1) is 27.7. The van der Waals surface area contributed by atoms with Gasteiger partial charge in [-0.15, -0.1) is 0 Å². The molecule has 35 heavy (non-hydrogen) atoms. The number of allylic oxidation sites excluding steroid dienone is 3. The molecule has 3 rings (SSSR count). The van der Waals surface area contributed by atoms with Gasteiger partial charge in [-0.2, -0.15) is 0 Å². The summed E-state index contributed by atoms with van der Waals surface area (Å²) in [4.78, 5) is 32.4. The Morgan fingerprint density at radius 3 is 2.49 bits per heavy atom. The van der Waals surface area contributed by atoms with E-state index < -0.39 is 19.9 Å². The molecule has 0 heterocycles. The van der Waals surface area contributed by atoms with Crippen LogP contribution in [0.25, 0.3) is 0 Å². The first-order chi connectivity index (χ1) is 16.5. The molecular weight excluding hydrogens is 467 g/mol. The molecular formula is C27H39O7P. The normalized spacial score (nSPS) is 22.4. The summed E-state index contributed by atoms with van der Waals surface area (Å²) in [6.45, 7) is 10.2. The molecule has 2 aliphatic rings. The number of aryl methyl sites for hydroxylation is 1. The topological polar surface area (TPSA) is 113 Å². The molecule has 2 aliphatic carbocycles. The fourth-order valence-corrected chi connectivity index (χ4v) is 6.05. The molecule has 8 heteroatoms. The average Bonchev–Trinajstić information content (AvgIpc) is 2.77. The van der Waals surface area contributed by atoms with Crippen molar-refractivity contribution in [1.82, 2.24) is 0 Å². The maximum Gasteiger partial charge on any atom is 0.470 e. The third-order valence-electron chi connectivity index (χ3n) is 7.20. The Hall–Kier alpha value is -1.92. The van der Waals surface area contributed by atoms with Crippen LogP contribution in [0.1, 0.15) is 89.2 Å². The minimum absolute atomic E-state index is 0.0473. The number of hydrogen-bond donors (Lipinski definition) is 3. The summed E-state index contributed by atoms with van der Waals surface area (Å²) in [5.41, 5.74) is 3.50. The smallest absolute Gasteiger partial charge is 0.470 e. The second kappa shape index (κ2) is 11.9. The molecule has 0 aromatic heterocycles. The van der Waals surface area contributed by atoms with Crippen molar-refractivity contribution in [1.29, 1.82) is 0 Å². The second-order valence-electron chi connectivity index (χ2n) is 10.1. The largest absolute Gasteiger partial charge is 0.507 e. The highest BCUT2D eigenvalue weighted by molar-refractivity contribution is 7.46. The highest BCUT2D eigenvalue weighted by Gasteiger charge is 2.38. The van der Waals surface area contributed by atoms with Gasteiger partial charge >= 0.3 is 13.8 Å². The third-order valence-corrected chi connectivity index (χ3v) is 7.71. The number of benzene rings is 1. The van der Waals surface area contributed by atoms with E-state index in [0.717, 1.165) is 49.7 Å². The Kier molecular flexibility index (Phi) is 9.39. The van der Waals surface area contributed by atoms with Gasteiger partial charge in [0, 0.05) is 11.5 Å². The maximum atomic E-state index is 13.4. The van der Waals surface area contributed by atoms with E-state index in [9.17, 15) is 24.3 Å². The van der Waals surface area contributed by atoms with Crippen LogP contribution in [0.5, 0.6) is 11.5 Å². The lowest BCUT2D eigenvalue weighted by Gasteiger charge is -2.33. The number of aromatic hydroxyl groups is 1. The summed E-state index contributed by atoms with van der Waals surface area (Å²) in [7, 11) is -4.92. The molecule has 1 fully saturated rings. The van der Waals surface area contributed by atoms with E-state index in [1.807, 2.05) is 20.8 Å². The standard InChI is InChI=1S/C27H39O7P/c1-5-9-19-15-23(28)25(22-14-18(4)12-13-21(22)17(2)3)24(16-19)33-27(29)26(34-35(30,31)32)20-10-7-6-8-11-20/h14-16,20-22,26,28H,2,5-13H2,1,3-4H3,(H2,30,31,32)/t21-,22+,26?/m0/s1. The fourth-order valence-electron chi connectivity index (χ4n) is 5.50. The molecule has 0 bridgehead atoms. The summed E-state index contributed by atoms with van der Waals surface area (Å²) in [5.74, 6) is -1.06. The van der Waals surface area contributed by atoms with Gasteiger partial charge in [-0.1, -0.05) is 56.4 Å². The van der Waals surface area contributed by atoms with Crippen molar-refractivity contribution in [2.75, 3.05) is 0 Å². The molecule has 1 aromatic rings. The van der Waals surface area contributed by atoms with Crippen LogP contribution in [0, 0.1) is 11.8 Å². The van der Waals surface area contributed by atoms with E-state index in [1.165, 1.54) is 5.57 Å².